The second kappa shape index (κ2) is 11.8. The fourth-order valence-corrected chi connectivity index (χ4v) is 3.69. The summed E-state index contributed by atoms with van der Waals surface area (Å²) in [6.45, 7) is 9.92. The molecule has 0 aliphatic rings. The van der Waals surface area contributed by atoms with E-state index in [1.165, 1.54) is 10.9 Å². The summed E-state index contributed by atoms with van der Waals surface area (Å²) in [4.78, 5) is 27.2. The minimum Gasteiger partial charge on any atom is -0.374 e. The van der Waals surface area contributed by atoms with Gasteiger partial charge in [-0.3, -0.25) is 9.59 Å². The molecule has 5 heteroatoms. The molecule has 3 aromatic rings. The van der Waals surface area contributed by atoms with E-state index in [4.69, 9.17) is 4.74 Å². The number of aryl methyl sites for hydroxylation is 1. The molecule has 180 valence electrons. The van der Waals surface area contributed by atoms with E-state index in [0.29, 0.717) is 26.2 Å². The Labute approximate surface area is 203 Å². The molecular formula is C29H36N2O3. The van der Waals surface area contributed by atoms with Crippen LogP contribution in [0.5, 0.6) is 0 Å². The molecule has 1 N–H and O–H groups in total. The van der Waals surface area contributed by atoms with Crippen molar-refractivity contribution in [1.29, 1.82) is 0 Å². The molecule has 3 rings (SSSR count). The molecule has 0 saturated heterocycles. The lowest BCUT2D eigenvalue weighted by molar-refractivity contribution is -0.135. The van der Waals surface area contributed by atoms with E-state index in [1.807, 2.05) is 64.1 Å². The topological polar surface area (TPSA) is 58.6 Å². The van der Waals surface area contributed by atoms with Gasteiger partial charge >= 0.3 is 0 Å². The molecule has 0 saturated carbocycles. The molecule has 34 heavy (non-hydrogen) atoms. The summed E-state index contributed by atoms with van der Waals surface area (Å²) < 4.78 is 5.87. The zero-order valence-electron chi connectivity index (χ0n) is 20.8. The van der Waals surface area contributed by atoms with Crippen molar-refractivity contribution in [3.8, 4) is 0 Å². The van der Waals surface area contributed by atoms with E-state index in [9.17, 15) is 9.59 Å². The van der Waals surface area contributed by atoms with Gasteiger partial charge in [0.15, 0.2) is 0 Å². The average Bonchev–Trinajstić information content (AvgIpc) is 2.80. The van der Waals surface area contributed by atoms with Gasteiger partial charge in [0, 0.05) is 32.5 Å². The summed E-state index contributed by atoms with van der Waals surface area (Å²) >= 11 is 0. The highest BCUT2D eigenvalue weighted by Crippen LogP contribution is 2.18. The molecule has 2 amide bonds. The molecule has 0 aliphatic heterocycles. The van der Waals surface area contributed by atoms with Gasteiger partial charge in [-0.05, 0) is 55.7 Å². The Hall–Kier alpha value is -3.18. The van der Waals surface area contributed by atoms with E-state index in [-0.39, 0.29) is 30.3 Å². The van der Waals surface area contributed by atoms with Crippen molar-refractivity contribution in [2.75, 3.05) is 13.2 Å². The van der Waals surface area contributed by atoms with Crippen molar-refractivity contribution in [2.45, 2.75) is 59.2 Å². The minimum atomic E-state index is -0.270. The van der Waals surface area contributed by atoms with Gasteiger partial charge in [0.05, 0.1) is 12.2 Å². The summed E-state index contributed by atoms with van der Waals surface area (Å²) in [6.07, 6.45) is 0.335. The van der Waals surface area contributed by atoms with Gasteiger partial charge < -0.3 is 15.0 Å². The normalized spacial score (nSPS) is 11.4. The first kappa shape index (κ1) is 25.4. The molecule has 0 aliphatic carbocycles. The number of amides is 2. The highest BCUT2D eigenvalue weighted by atomic mass is 16.5. The Balaban J connectivity index is 1.58. The van der Waals surface area contributed by atoms with Crippen LogP contribution in [0.15, 0.2) is 66.7 Å². The van der Waals surface area contributed by atoms with Crippen molar-refractivity contribution in [1.82, 2.24) is 10.2 Å². The zero-order chi connectivity index (χ0) is 24.6. The molecule has 3 aromatic carbocycles. The fraction of sp³-hybridized carbons (Fsp3) is 0.379. The van der Waals surface area contributed by atoms with Gasteiger partial charge in [0.2, 0.25) is 11.8 Å². The lowest BCUT2D eigenvalue weighted by Crippen LogP contribution is -2.36. The fourth-order valence-electron chi connectivity index (χ4n) is 3.69. The quantitative estimate of drug-likeness (QED) is 0.441. The zero-order valence-corrected chi connectivity index (χ0v) is 20.8. The third kappa shape index (κ3) is 8.31. The number of hydrogen-bond acceptors (Lipinski definition) is 3. The van der Waals surface area contributed by atoms with Crippen molar-refractivity contribution in [3.05, 3.63) is 83.4 Å². The van der Waals surface area contributed by atoms with Crippen LogP contribution in [0.2, 0.25) is 0 Å². The van der Waals surface area contributed by atoms with Crippen molar-refractivity contribution >= 4 is 22.6 Å². The first-order valence-electron chi connectivity index (χ1n) is 11.9. The molecule has 5 nitrogen and oxygen atoms in total. The lowest BCUT2D eigenvalue weighted by atomic mass is 10.1. The Kier molecular flexibility index (Phi) is 8.83. The van der Waals surface area contributed by atoms with Crippen LogP contribution in [-0.4, -0.2) is 35.5 Å². The SMILES string of the molecule is Cc1ccc(CNC(=O)CCC(=O)N(CCOC(C)(C)C)Cc2ccc3ccccc3c2)cc1. The molecule has 0 aromatic heterocycles. The Morgan fingerprint density at radius 3 is 2.26 bits per heavy atom. The van der Waals surface area contributed by atoms with Gasteiger partial charge in [-0.2, -0.15) is 0 Å². The van der Waals surface area contributed by atoms with Crippen LogP contribution in [0, 0.1) is 6.92 Å². The van der Waals surface area contributed by atoms with Crippen LogP contribution < -0.4 is 5.32 Å². The second-order valence-corrected chi connectivity index (χ2v) is 9.72. The highest BCUT2D eigenvalue weighted by molar-refractivity contribution is 5.85. The predicted octanol–water partition coefficient (Wildman–Crippen LogP) is 5.39. The van der Waals surface area contributed by atoms with Crippen LogP contribution in [0.4, 0.5) is 0 Å². The summed E-state index contributed by atoms with van der Waals surface area (Å²) in [7, 11) is 0. The molecule has 0 unspecified atom stereocenters. The maximum Gasteiger partial charge on any atom is 0.223 e. The second-order valence-electron chi connectivity index (χ2n) is 9.72. The van der Waals surface area contributed by atoms with Crippen LogP contribution in [0.3, 0.4) is 0 Å². The first-order valence-corrected chi connectivity index (χ1v) is 11.9. The standard InChI is InChI=1S/C29H36N2O3/c1-22-9-11-23(12-10-22)20-30-27(32)15-16-28(33)31(17-18-34-29(2,3)4)21-24-13-14-25-7-5-6-8-26(25)19-24/h5-14,19H,15-18,20-21H2,1-4H3,(H,30,32). The number of rotatable bonds is 10. The van der Waals surface area contributed by atoms with Gasteiger partial charge in [-0.15, -0.1) is 0 Å². The van der Waals surface area contributed by atoms with E-state index >= 15 is 0 Å². The van der Waals surface area contributed by atoms with Crippen LogP contribution in [-0.2, 0) is 27.4 Å². The largest absolute Gasteiger partial charge is 0.374 e. The number of ether oxygens (including phenoxy) is 1. The summed E-state index contributed by atoms with van der Waals surface area (Å²) in [5.41, 5.74) is 3.02. The van der Waals surface area contributed by atoms with Crippen molar-refractivity contribution in [2.24, 2.45) is 0 Å². The summed E-state index contributed by atoms with van der Waals surface area (Å²) in [6, 6.07) is 22.5. The van der Waals surface area contributed by atoms with Crippen molar-refractivity contribution < 1.29 is 14.3 Å². The Morgan fingerprint density at radius 1 is 0.882 bits per heavy atom. The number of carbonyl (C=O) groups is 2. The van der Waals surface area contributed by atoms with E-state index in [1.54, 1.807) is 4.90 Å². The predicted molar refractivity (Wildman–Crippen MR) is 137 cm³/mol. The van der Waals surface area contributed by atoms with Crippen LogP contribution in [0.25, 0.3) is 10.8 Å². The van der Waals surface area contributed by atoms with Gasteiger partial charge in [0.1, 0.15) is 0 Å². The van der Waals surface area contributed by atoms with Gasteiger partial charge in [0.25, 0.3) is 0 Å². The Morgan fingerprint density at radius 2 is 1.56 bits per heavy atom. The molecule has 0 spiro atoms. The maximum absolute atomic E-state index is 13.1. The molecule has 0 fully saturated rings. The molecular weight excluding hydrogens is 424 g/mol. The monoisotopic (exact) mass is 460 g/mol. The third-order valence-electron chi connectivity index (χ3n) is 5.61. The number of benzene rings is 3. The molecule has 0 radical (unpaired) electrons. The number of nitrogens with zero attached hydrogens (tertiary/aromatic N) is 1. The number of nitrogens with one attached hydrogen (secondary N) is 1. The van der Waals surface area contributed by atoms with E-state index in [0.717, 1.165) is 16.5 Å². The molecule has 0 bridgehead atoms. The number of carbonyl (C=O) groups excluding carboxylic acids is 2. The number of fused-ring (bicyclic) bond motifs is 1. The van der Waals surface area contributed by atoms with Crippen LogP contribution >= 0.6 is 0 Å². The number of hydrogen-bond donors (Lipinski definition) is 1. The van der Waals surface area contributed by atoms with E-state index in [2.05, 4.69) is 35.6 Å². The Bertz CT molecular complexity index is 1100. The smallest absolute Gasteiger partial charge is 0.223 e. The molecule has 0 atom stereocenters. The van der Waals surface area contributed by atoms with Gasteiger partial charge in [-0.25, -0.2) is 0 Å². The maximum atomic E-state index is 13.1. The van der Waals surface area contributed by atoms with Crippen LogP contribution in [0.1, 0.15) is 50.3 Å². The van der Waals surface area contributed by atoms with E-state index < -0.39 is 0 Å². The van der Waals surface area contributed by atoms with Gasteiger partial charge in [-0.1, -0.05) is 66.2 Å². The molecule has 0 heterocycles. The minimum absolute atomic E-state index is 0.0452. The lowest BCUT2D eigenvalue weighted by Gasteiger charge is -2.26. The van der Waals surface area contributed by atoms with Crippen molar-refractivity contribution in [3.63, 3.8) is 0 Å². The first-order chi connectivity index (χ1) is 16.2. The summed E-state index contributed by atoms with van der Waals surface area (Å²) in [5.74, 6) is -0.165. The average molecular weight is 461 g/mol. The highest BCUT2D eigenvalue weighted by Gasteiger charge is 2.18. The third-order valence-corrected chi connectivity index (χ3v) is 5.61. The summed E-state index contributed by atoms with van der Waals surface area (Å²) in [5, 5.41) is 5.23.